The van der Waals surface area contributed by atoms with Gasteiger partial charge >= 0.3 is 0 Å². The molecule has 2 aromatic carbocycles. The first kappa shape index (κ1) is 14.8. The second kappa shape index (κ2) is 5.59. The molecule has 5 heteroatoms. The summed E-state index contributed by atoms with van der Waals surface area (Å²) in [6.07, 6.45) is 0. The molecule has 1 heterocycles. The fourth-order valence-corrected chi connectivity index (χ4v) is 2.80. The maximum Gasteiger partial charge on any atom is 0.277 e. The number of rotatable bonds is 2. The molecule has 2 aromatic rings. The lowest BCUT2D eigenvalue weighted by Gasteiger charge is -2.17. The van der Waals surface area contributed by atoms with E-state index >= 15 is 0 Å². The quantitative estimate of drug-likeness (QED) is 0.774. The molecule has 22 heavy (non-hydrogen) atoms. The molecular weight excluding hydrogens is 321 g/mol. The van der Waals surface area contributed by atoms with Crippen molar-refractivity contribution >= 4 is 46.3 Å². The molecule has 0 N–H and O–H groups in total. The number of imide groups is 1. The van der Waals surface area contributed by atoms with Gasteiger partial charge in [-0.2, -0.15) is 0 Å². The Morgan fingerprint density at radius 1 is 0.864 bits per heavy atom. The van der Waals surface area contributed by atoms with Crippen LogP contribution in [0.1, 0.15) is 11.1 Å². The van der Waals surface area contributed by atoms with Crippen LogP contribution in [0.5, 0.6) is 0 Å². The number of aryl methyl sites for hydroxylation is 1. The van der Waals surface area contributed by atoms with Gasteiger partial charge in [0.15, 0.2) is 0 Å². The Morgan fingerprint density at radius 2 is 1.50 bits per heavy atom. The van der Waals surface area contributed by atoms with Crippen molar-refractivity contribution in [2.75, 3.05) is 4.90 Å². The van der Waals surface area contributed by atoms with Gasteiger partial charge in [-0.1, -0.05) is 53.5 Å². The molecule has 0 saturated heterocycles. The van der Waals surface area contributed by atoms with E-state index in [9.17, 15) is 9.59 Å². The SMILES string of the molecule is Cc1ccccc1N1C(=O)C(Cl)=C(c2ccc(Cl)cc2)C1=O. The minimum Gasteiger partial charge on any atom is -0.268 e. The molecular formula is C17H11Cl2NO2. The predicted molar refractivity (Wildman–Crippen MR) is 87.9 cm³/mol. The zero-order chi connectivity index (χ0) is 15.9. The zero-order valence-electron chi connectivity index (χ0n) is 11.6. The number of amides is 2. The highest BCUT2D eigenvalue weighted by Crippen LogP contribution is 2.36. The van der Waals surface area contributed by atoms with E-state index in [1.807, 2.05) is 19.1 Å². The molecule has 0 aromatic heterocycles. The molecule has 0 spiro atoms. The third-order valence-corrected chi connectivity index (χ3v) is 4.12. The number of anilines is 1. The molecule has 0 saturated carbocycles. The largest absolute Gasteiger partial charge is 0.277 e. The number of hydrogen-bond donors (Lipinski definition) is 0. The van der Waals surface area contributed by atoms with Crippen molar-refractivity contribution in [2.45, 2.75) is 6.92 Å². The van der Waals surface area contributed by atoms with Crippen molar-refractivity contribution in [3.63, 3.8) is 0 Å². The van der Waals surface area contributed by atoms with Crippen molar-refractivity contribution in [1.29, 1.82) is 0 Å². The minimum atomic E-state index is -0.508. The number of hydrogen-bond acceptors (Lipinski definition) is 2. The van der Waals surface area contributed by atoms with Crippen molar-refractivity contribution < 1.29 is 9.59 Å². The lowest BCUT2D eigenvalue weighted by molar-refractivity contribution is -0.119. The van der Waals surface area contributed by atoms with Crippen LogP contribution >= 0.6 is 23.2 Å². The fraction of sp³-hybridized carbons (Fsp3) is 0.0588. The molecule has 1 aliphatic heterocycles. The number of benzene rings is 2. The maximum absolute atomic E-state index is 12.7. The highest BCUT2D eigenvalue weighted by Gasteiger charge is 2.39. The molecule has 0 fully saturated rings. The van der Waals surface area contributed by atoms with Crippen LogP contribution in [0.3, 0.4) is 0 Å². The van der Waals surface area contributed by atoms with Gasteiger partial charge in [-0.05, 0) is 36.2 Å². The van der Waals surface area contributed by atoms with Gasteiger partial charge in [-0.3, -0.25) is 9.59 Å². The molecule has 3 rings (SSSR count). The van der Waals surface area contributed by atoms with Gasteiger partial charge in [0.1, 0.15) is 5.03 Å². The summed E-state index contributed by atoms with van der Waals surface area (Å²) >= 11 is 12.0. The average molecular weight is 332 g/mol. The number of carbonyl (C=O) groups is 2. The number of carbonyl (C=O) groups excluding carboxylic acids is 2. The van der Waals surface area contributed by atoms with Crippen LogP contribution in [0.25, 0.3) is 5.57 Å². The van der Waals surface area contributed by atoms with Gasteiger partial charge in [0.05, 0.1) is 11.3 Å². The number of nitrogens with zero attached hydrogens (tertiary/aromatic N) is 1. The van der Waals surface area contributed by atoms with Crippen LogP contribution in [-0.2, 0) is 9.59 Å². The normalized spacial score (nSPS) is 15.0. The van der Waals surface area contributed by atoms with E-state index in [1.54, 1.807) is 36.4 Å². The standard InChI is InChI=1S/C17H11Cl2NO2/c1-10-4-2-3-5-13(10)20-16(21)14(15(19)17(20)22)11-6-8-12(18)9-7-11/h2-9H,1H3. The van der Waals surface area contributed by atoms with E-state index in [0.717, 1.165) is 10.5 Å². The highest BCUT2D eigenvalue weighted by atomic mass is 35.5. The molecule has 110 valence electrons. The van der Waals surface area contributed by atoms with Crippen LogP contribution in [-0.4, -0.2) is 11.8 Å². The van der Waals surface area contributed by atoms with Crippen molar-refractivity contribution in [3.05, 3.63) is 69.7 Å². The summed E-state index contributed by atoms with van der Waals surface area (Å²) in [5.74, 6) is -0.933. The molecule has 0 radical (unpaired) electrons. The first-order chi connectivity index (χ1) is 10.5. The van der Waals surface area contributed by atoms with Gasteiger partial charge in [-0.15, -0.1) is 0 Å². The summed E-state index contributed by atoms with van der Waals surface area (Å²) < 4.78 is 0. The Balaban J connectivity index is 2.08. The summed E-state index contributed by atoms with van der Waals surface area (Å²) in [6, 6.07) is 13.8. The third-order valence-electron chi connectivity index (χ3n) is 3.52. The number of para-hydroxylation sites is 1. The molecule has 0 aliphatic carbocycles. The lowest BCUT2D eigenvalue weighted by Crippen LogP contribution is -2.31. The van der Waals surface area contributed by atoms with Gasteiger partial charge in [-0.25, -0.2) is 4.90 Å². The molecule has 0 atom stereocenters. The van der Waals surface area contributed by atoms with Crippen LogP contribution in [0.15, 0.2) is 53.6 Å². The lowest BCUT2D eigenvalue weighted by atomic mass is 10.1. The topological polar surface area (TPSA) is 37.4 Å². The molecule has 0 unspecified atom stereocenters. The van der Waals surface area contributed by atoms with Crippen molar-refractivity contribution in [3.8, 4) is 0 Å². The molecule has 3 nitrogen and oxygen atoms in total. The van der Waals surface area contributed by atoms with E-state index in [0.29, 0.717) is 16.3 Å². The van der Waals surface area contributed by atoms with Gasteiger partial charge in [0.25, 0.3) is 11.8 Å². The first-order valence-corrected chi connectivity index (χ1v) is 7.36. The predicted octanol–water partition coefficient (Wildman–Crippen LogP) is 4.17. The Kier molecular flexibility index (Phi) is 3.77. The monoisotopic (exact) mass is 331 g/mol. The second-order valence-electron chi connectivity index (χ2n) is 4.93. The molecule has 2 amide bonds. The van der Waals surface area contributed by atoms with E-state index in [4.69, 9.17) is 23.2 Å². The average Bonchev–Trinajstić information content (AvgIpc) is 2.72. The summed E-state index contributed by atoms with van der Waals surface area (Å²) in [5.41, 5.74) is 2.14. The van der Waals surface area contributed by atoms with Crippen molar-refractivity contribution in [2.24, 2.45) is 0 Å². The van der Waals surface area contributed by atoms with E-state index in [2.05, 4.69) is 0 Å². The fourth-order valence-electron chi connectivity index (χ4n) is 2.40. The Labute approximate surface area is 137 Å². The maximum atomic E-state index is 12.7. The van der Waals surface area contributed by atoms with Crippen LogP contribution in [0, 0.1) is 6.92 Å². The number of halogens is 2. The summed E-state index contributed by atoms with van der Waals surface area (Å²) in [5, 5.41) is 0.476. The Hall–Kier alpha value is -2.10. The van der Waals surface area contributed by atoms with Gasteiger partial charge in [0, 0.05) is 5.02 Å². The second-order valence-corrected chi connectivity index (χ2v) is 5.74. The smallest absolute Gasteiger partial charge is 0.268 e. The highest BCUT2D eigenvalue weighted by molar-refractivity contribution is 6.60. The molecule has 1 aliphatic rings. The van der Waals surface area contributed by atoms with E-state index < -0.39 is 11.8 Å². The Bertz CT molecular complexity index is 810. The van der Waals surface area contributed by atoms with Crippen LogP contribution < -0.4 is 4.90 Å². The summed E-state index contributed by atoms with van der Waals surface area (Å²) in [6.45, 7) is 1.84. The third kappa shape index (κ3) is 2.32. The summed E-state index contributed by atoms with van der Waals surface area (Å²) in [7, 11) is 0. The minimum absolute atomic E-state index is 0.0735. The Morgan fingerprint density at radius 3 is 2.14 bits per heavy atom. The zero-order valence-corrected chi connectivity index (χ0v) is 13.2. The summed E-state index contributed by atoms with van der Waals surface area (Å²) in [4.78, 5) is 26.2. The van der Waals surface area contributed by atoms with Crippen LogP contribution in [0.2, 0.25) is 5.02 Å². The molecule has 0 bridgehead atoms. The van der Waals surface area contributed by atoms with Crippen molar-refractivity contribution in [1.82, 2.24) is 0 Å². The first-order valence-electron chi connectivity index (χ1n) is 6.61. The van der Waals surface area contributed by atoms with E-state index in [-0.39, 0.29) is 10.6 Å². The van der Waals surface area contributed by atoms with E-state index in [1.165, 1.54) is 0 Å². The van der Waals surface area contributed by atoms with Gasteiger partial charge < -0.3 is 0 Å². The van der Waals surface area contributed by atoms with Crippen LogP contribution in [0.4, 0.5) is 5.69 Å². The van der Waals surface area contributed by atoms with Gasteiger partial charge in [0.2, 0.25) is 0 Å².